The van der Waals surface area contributed by atoms with E-state index >= 15 is 0 Å². The first-order valence-electron chi connectivity index (χ1n) is 8.04. The third kappa shape index (κ3) is 3.87. The second kappa shape index (κ2) is 6.39. The zero-order chi connectivity index (χ0) is 16.5. The molecule has 1 aromatic rings. The number of piperidine rings is 1. The molecule has 1 aromatic carbocycles. The average molecular weight is 303 g/mol. The predicted octanol–water partition coefficient (Wildman–Crippen LogP) is 2.61. The van der Waals surface area contributed by atoms with Gasteiger partial charge < -0.3 is 11.1 Å². The van der Waals surface area contributed by atoms with Gasteiger partial charge in [-0.1, -0.05) is 31.5 Å². The zero-order valence-corrected chi connectivity index (χ0v) is 14.5. The summed E-state index contributed by atoms with van der Waals surface area (Å²) in [5, 5.41) is 3.08. The van der Waals surface area contributed by atoms with Gasteiger partial charge in [-0.3, -0.25) is 9.69 Å². The van der Waals surface area contributed by atoms with E-state index in [1.54, 1.807) is 0 Å². The molecular weight excluding hydrogens is 274 g/mol. The van der Waals surface area contributed by atoms with Crippen LogP contribution in [0.5, 0.6) is 0 Å². The summed E-state index contributed by atoms with van der Waals surface area (Å²) in [4.78, 5) is 14.6. The highest BCUT2D eigenvalue weighted by Crippen LogP contribution is 2.27. The SMILES string of the molecule is Cc1cc(C)c(NC(=O)CN2CCC(N)C(C)(C)C2)c(C)c1. The first kappa shape index (κ1) is 17.0. The lowest BCUT2D eigenvalue weighted by Crippen LogP contribution is -2.53. The molecule has 0 aromatic heterocycles. The molecule has 0 bridgehead atoms. The van der Waals surface area contributed by atoms with E-state index in [9.17, 15) is 4.79 Å². The lowest BCUT2D eigenvalue weighted by Gasteiger charge is -2.42. The second-order valence-electron chi connectivity index (χ2n) is 7.42. The highest BCUT2D eigenvalue weighted by Gasteiger charge is 2.33. The summed E-state index contributed by atoms with van der Waals surface area (Å²) in [6.07, 6.45) is 0.947. The van der Waals surface area contributed by atoms with Gasteiger partial charge >= 0.3 is 0 Å². The quantitative estimate of drug-likeness (QED) is 0.902. The van der Waals surface area contributed by atoms with E-state index in [4.69, 9.17) is 5.73 Å². The maximum Gasteiger partial charge on any atom is 0.238 e. The van der Waals surface area contributed by atoms with Gasteiger partial charge in [0.15, 0.2) is 0 Å². The summed E-state index contributed by atoms with van der Waals surface area (Å²) >= 11 is 0. The Kier molecular flexibility index (Phi) is 4.93. The van der Waals surface area contributed by atoms with Crippen molar-refractivity contribution in [2.45, 2.75) is 47.1 Å². The van der Waals surface area contributed by atoms with Crippen molar-refractivity contribution >= 4 is 11.6 Å². The third-order valence-electron chi connectivity index (χ3n) is 4.70. The molecule has 1 fully saturated rings. The Morgan fingerprint density at radius 3 is 2.45 bits per heavy atom. The van der Waals surface area contributed by atoms with Crippen LogP contribution in [0, 0.1) is 26.2 Å². The number of nitrogens with two attached hydrogens (primary N) is 1. The van der Waals surface area contributed by atoms with E-state index in [1.807, 2.05) is 13.8 Å². The molecule has 1 aliphatic heterocycles. The molecule has 22 heavy (non-hydrogen) atoms. The molecule has 3 N–H and O–H groups in total. The Morgan fingerprint density at radius 1 is 1.32 bits per heavy atom. The van der Waals surface area contributed by atoms with Crippen LogP contribution in [-0.4, -0.2) is 36.5 Å². The van der Waals surface area contributed by atoms with Crippen LogP contribution in [0.2, 0.25) is 0 Å². The smallest absolute Gasteiger partial charge is 0.238 e. The van der Waals surface area contributed by atoms with Crippen LogP contribution in [0.25, 0.3) is 0 Å². The van der Waals surface area contributed by atoms with Crippen molar-refractivity contribution in [2.75, 3.05) is 25.0 Å². The summed E-state index contributed by atoms with van der Waals surface area (Å²) in [6.45, 7) is 12.7. The number of likely N-dealkylation sites (tertiary alicyclic amines) is 1. The van der Waals surface area contributed by atoms with Crippen LogP contribution in [0.15, 0.2) is 12.1 Å². The maximum atomic E-state index is 12.4. The molecule has 1 amide bonds. The normalized spacial score (nSPS) is 21.6. The molecule has 1 aliphatic rings. The number of rotatable bonds is 3. The Morgan fingerprint density at radius 2 is 1.91 bits per heavy atom. The number of hydrogen-bond donors (Lipinski definition) is 2. The Bertz CT molecular complexity index is 542. The number of amides is 1. The Hall–Kier alpha value is -1.39. The topological polar surface area (TPSA) is 58.4 Å². The van der Waals surface area contributed by atoms with Crippen LogP contribution in [0.4, 0.5) is 5.69 Å². The lowest BCUT2D eigenvalue weighted by atomic mass is 9.80. The number of aryl methyl sites for hydroxylation is 3. The fourth-order valence-corrected chi connectivity index (χ4v) is 3.38. The minimum absolute atomic E-state index is 0.0568. The van der Waals surface area contributed by atoms with E-state index < -0.39 is 0 Å². The summed E-state index contributed by atoms with van der Waals surface area (Å²) in [7, 11) is 0. The van der Waals surface area contributed by atoms with Gasteiger partial charge in [-0.25, -0.2) is 0 Å². The van der Waals surface area contributed by atoms with E-state index in [2.05, 4.69) is 43.1 Å². The van der Waals surface area contributed by atoms with E-state index in [0.717, 1.165) is 36.3 Å². The number of nitrogens with one attached hydrogen (secondary N) is 1. The van der Waals surface area contributed by atoms with Gasteiger partial charge in [-0.15, -0.1) is 0 Å². The monoisotopic (exact) mass is 303 g/mol. The molecule has 1 unspecified atom stereocenters. The summed E-state index contributed by atoms with van der Waals surface area (Å²) in [5.74, 6) is 0.0568. The van der Waals surface area contributed by atoms with Crippen molar-refractivity contribution in [3.63, 3.8) is 0 Å². The molecular formula is C18H29N3O. The summed E-state index contributed by atoms with van der Waals surface area (Å²) < 4.78 is 0. The molecule has 1 atom stereocenters. The predicted molar refractivity (Wildman–Crippen MR) is 92.1 cm³/mol. The van der Waals surface area contributed by atoms with Gasteiger partial charge in [-0.05, 0) is 43.7 Å². The Labute approximate surface area is 134 Å². The van der Waals surface area contributed by atoms with Crippen molar-refractivity contribution in [1.29, 1.82) is 0 Å². The van der Waals surface area contributed by atoms with Crippen molar-refractivity contribution in [2.24, 2.45) is 11.1 Å². The molecule has 1 heterocycles. The summed E-state index contributed by atoms with van der Waals surface area (Å²) in [6, 6.07) is 4.42. The van der Waals surface area contributed by atoms with E-state index in [1.165, 1.54) is 5.56 Å². The third-order valence-corrected chi connectivity index (χ3v) is 4.70. The number of hydrogen-bond acceptors (Lipinski definition) is 3. The molecule has 2 rings (SSSR count). The van der Waals surface area contributed by atoms with Crippen molar-refractivity contribution < 1.29 is 4.79 Å². The first-order chi connectivity index (χ1) is 10.2. The van der Waals surface area contributed by atoms with Crippen LogP contribution in [-0.2, 0) is 4.79 Å². The molecule has 1 saturated heterocycles. The van der Waals surface area contributed by atoms with Gasteiger partial charge in [0.25, 0.3) is 0 Å². The largest absolute Gasteiger partial charge is 0.327 e. The first-order valence-corrected chi connectivity index (χ1v) is 8.04. The molecule has 0 radical (unpaired) electrons. The molecule has 4 nitrogen and oxygen atoms in total. The highest BCUT2D eigenvalue weighted by atomic mass is 16.2. The molecule has 0 aliphatic carbocycles. The fraction of sp³-hybridized carbons (Fsp3) is 0.611. The van der Waals surface area contributed by atoms with Crippen LogP contribution >= 0.6 is 0 Å². The van der Waals surface area contributed by atoms with Crippen LogP contribution < -0.4 is 11.1 Å². The number of nitrogens with zero attached hydrogens (tertiary/aromatic N) is 1. The average Bonchev–Trinajstić information content (AvgIpc) is 2.38. The highest BCUT2D eigenvalue weighted by molar-refractivity contribution is 5.93. The molecule has 4 heteroatoms. The fourth-order valence-electron chi connectivity index (χ4n) is 3.38. The van der Waals surface area contributed by atoms with Gasteiger partial charge in [0.05, 0.1) is 6.54 Å². The van der Waals surface area contributed by atoms with E-state index in [0.29, 0.717) is 6.54 Å². The maximum absolute atomic E-state index is 12.4. The van der Waals surface area contributed by atoms with Gasteiger partial charge in [-0.2, -0.15) is 0 Å². The van der Waals surface area contributed by atoms with Gasteiger partial charge in [0.2, 0.25) is 5.91 Å². The van der Waals surface area contributed by atoms with E-state index in [-0.39, 0.29) is 17.4 Å². The minimum atomic E-state index is 0.0568. The number of anilines is 1. The second-order valence-corrected chi connectivity index (χ2v) is 7.42. The standard InChI is InChI=1S/C18H29N3O/c1-12-8-13(2)17(14(3)9-12)20-16(22)10-21-7-6-15(19)18(4,5)11-21/h8-9,15H,6-7,10-11,19H2,1-5H3,(H,20,22). The number of carbonyl (C=O) groups excluding carboxylic acids is 1. The molecule has 0 spiro atoms. The van der Waals surface area contributed by atoms with Crippen molar-refractivity contribution in [3.8, 4) is 0 Å². The lowest BCUT2D eigenvalue weighted by molar-refractivity contribution is -0.118. The molecule has 0 saturated carbocycles. The van der Waals surface area contributed by atoms with Crippen LogP contribution in [0.3, 0.4) is 0 Å². The van der Waals surface area contributed by atoms with Crippen LogP contribution in [0.1, 0.15) is 37.0 Å². The number of benzene rings is 1. The number of carbonyl (C=O) groups is 1. The van der Waals surface area contributed by atoms with Crippen molar-refractivity contribution in [3.05, 3.63) is 28.8 Å². The minimum Gasteiger partial charge on any atom is -0.327 e. The summed E-state index contributed by atoms with van der Waals surface area (Å²) in [5.41, 5.74) is 10.6. The van der Waals surface area contributed by atoms with Gasteiger partial charge in [0, 0.05) is 24.8 Å². The van der Waals surface area contributed by atoms with Gasteiger partial charge in [0.1, 0.15) is 0 Å². The zero-order valence-electron chi connectivity index (χ0n) is 14.5. The van der Waals surface area contributed by atoms with Crippen molar-refractivity contribution in [1.82, 2.24) is 4.90 Å². The molecule has 122 valence electrons. The Balaban J connectivity index is 2.00.